The van der Waals surface area contributed by atoms with Gasteiger partial charge in [0.15, 0.2) is 0 Å². The molecule has 2 aromatic rings. The Morgan fingerprint density at radius 1 is 1.37 bits per heavy atom. The summed E-state index contributed by atoms with van der Waals surface area (Å²) in [6.07, 6.45) is 0.416. The van der Waals surface area contributed by atoms with Crippen LogP contribution in [0, 0.1) is 10.1 Å². The van der Waals surface area contributed by atoms with Crippen molar-refractivity contribution in [1.29, 1.82) is 0 Å². The van der Waals surface area contributed by atoms with E-state index in [0.717, 1.165) is 16.3 Å². The molecule has 144 valence electrons. The first-order valence-electron chi connectivity index (χ1n) is 8.29. The number of nitrogens with one attached hydrogen (secondary N) is 1. The molecule has 0 amide bonds. The molecule has 2 atom stereocenters. The smallest absolute Gasteiger partial charge is 0.350 e. The minimum Gasteiger partial charge on any atom is -0.374 e. The second kappa shape index (κ2) is 7.80. The number of nitrogens with zero attached hydrogens (tertiary/aromatic N) is 2. The number of benzene rings is 1. The third kappa shape index (κ3) is 4.12. The average molecular weight is 379 g/mol. The molecular formula is C17H18FN3O6. The van der Waals surface area contributed by atoms with Gasteiger partial charge in [-0.3, -0.25) is 24.5 Å². The van der Waals surface area contributed by atoms with Gasteiger partial charge >= 0.3 is 16.9 Å². The van der Waals surface area contributed by atoms with Crippen LogP contribution in [0.4, 0.5) is 10.1 Å². The van der Waals surface area contributed by atoms with E-state index in [0.29, 0.717) is 0 Å². The molecule has 0 radical (unpaired) electrons. The molecular weight excluding hydrogens is 361 g/mol. The minimum atomic E-state index is -1.25. The van der Waals surface area contributed by atoms with Crippen molar-refractivity contribution in [2.45, 2.75) is 31.3 Å². The molecule has 0 bridgehead atoms. The van der Waals surface area contributed by atoms with Crippen LogP contribution in [0.25, 0.3) is 0 Å². The topological polar surface area (TPSA) is 116 Å². The van der Waals surface area contributed by atoms with E-state index >= 15 is 0 Å². The Labute approximate surface area is 152 Å². The standard InChI is InChI=1S/C17H18FN3O6/c18-10-17(11-26-9-12-4-2-1-3-5-12)7-6-14(27-17)20-8-13(21(24)25)15(22)19-16(20)23/h1-5,8,14H,6-7,9-11H2,(H,19,22,23)/t14-,17+/m0/s1. The molecule has 1 aliphatic heterocycles. The quantitative estimate of drug-likeness (QED) is 0.578. The highest BCUT2D eigenvalue weighted by Crippen LogP contribution is 2.36. The van der Waals surface area contributed by atoms with Crippen molar-refractivity contribution in [2.75, 3.05) is 13.3 Å². The summed E-state index contributed by atoms with van der Waals surface area (Å²) in [6.45, 7) is -0.589. The Morgan fingerprint density at radius 2 is 2.11 bits per heavy atom. The zero-order valence-corrected chi connectivity index (χ0v) is 14.3. The van der Waals surface area contributed by atoms with Crippen molar-refractivity contribution in [2.24, 2.45) is 0 Å². The Kier molecular flexibility index (Phi) is 5.47. The van der Waals surface area contributed by atoms with Crippen LogP contribution in [-0.2, 0) is 16.1 Å². The molecule has 0 aliphatic carbocycles. The summed E-state index contributed by atoms with van der Waals surface area (Å²) in [5, 5.41) is 10.9. The van der Waals surface area contributed by atoms with Crippen molar-refractivity contribution in [3.63, 3.8) is 0 Å². The molecule has 0 saturated carbocycles. The lowest BCUT2D eigenvalue weighted by molar-refractivity contribution is -0.387. The van der Waals surface area contributed by atoms with Crippen LogP contribution in [0.1, 0.15) is 24.6 Å². The second-order valence-corrected chi connectivity index (χ2v) is 6.34. The second-order valence-electron chi connectivity index (χ2n) is 6.34. The number of halogens is 1. The summed E-state index contributed by atoms with van der Waals surface area (Å²) >= 11 is 0. The number of hydrogen-bond acceptors (Lipinski definition) is 6. The largest absolute Gasteiger partial charge is 0.374 e. The van der Waals surface area contributed by atoms with Crippen LogP contribution in [0.5, 0.6) is 0 Å². The van der Waals surface area contributed by atoms with Crippen LogP contribution in [0.15, 0.2) is 46.1 Å². The molecule has 9 nitrogen and oxygen atoms in total. The van der Waals surface area contributed by atoms with E-state index in [-0.39, 0.29) is 26.1 Å². The van der Waals surface area contributed by atoms with E-state index in [4.69, 9.17) is 9.47 Å². The number of aromatic amines is 1. The van der Waals surface area contributed by atoms with E-state index in [9.17, 15) is 24.1 Å². The van der Waals surface area contributed by atoms with Gasteiger partial charge in [-0.2, -0.15) is 0 Å². The number of alkyl halides is 1. The monoisotopic (exact) mass is 379 g/mol. The maximum atomic E-state index is 13.7. The van der Waals surface area contributed by atoms with Crippen molar-refractivity contribution in [3.8, 4) is 0 Å². The summed E-state index contributed by atoms with van der Waals surface area (Å²) in [5.74, 6) is 0. The van der Waals surface area contributed by atoms with E-state index in [1.165, 1.54) is 0 Å². The Hall–Kier alpha value is -2.85. The summed E-state index contributed by atoms with van der Waals surface area (Å²) < 4.78 is 25.9. The molecule has 2 heterocycles. The predicted molar refractivity (Wildman–Crippen MR) is 92.1 cm³/mol. The molecule has 10 heteroatoms. The molecule has 0 unspecified atom stereocenters. The third-order valence-corrected chi connectivity index (χ3v) is 4.41. The Morgan fingerprint density at radius 3 is 2.78 bits per heavy atom. The van der Waals surface area contributed by atoms with Gasteiger partial charge in [0.05, 0.1) is 24.3 Å². The van der Waals surface area contributed by atoms with Gasteiger partial charge in [0.1, 0.15) is 18.5 Å². The molecule has 27 heavy (non-hydrogen) atoms. The first-order valence-corrected chi connectivity index (χ1v) is 8.29. The summed E-state index contributed by atoms with van der Waals surface area (Å²) in [7, 11) is 0. The molecule has 1 N–H and O–H groups in total. The average Bonchev–Trinajstić information content (AvgIpc) is 3.07. The fourth-order valence-electron chi connectivity index (χ4n) is 2.98. The van der Waals surface area contributed by atoms with Crippen molar-refractivity contribution >= 4 is 5.69 Å². The van der Waals surface area contributed by atoms with Gasteiger partial charge < -0.3 is 9.47 Å². The Balaban J connectivity index is 1.72. The van der Waals surface area contributed by atoms with Crippen molar-refractivity contribution < 1.29 is 18.8 Å². The molecule has 0 spiro atoms. The summed E-state index contributed by atoms with van der Waals surface area (Å²) in [4.78, 5) is 35.4. The lowest BCUT2D eigenvalue weighted by atomic mass is 10.0. The van der Waals surface area contributed by atoms with Gasteiger partial charge in [-0.05, 0) is 18.4 Å². The molecule has 1 aromatic carbocycles. The number of hydrogen-bond donors (Lipinski definition) is 1. The van der Waals surface area contributed by atoms with Crippen LogP contribution in [0.2, 0.25) is 0 Å². The maximum absolute atomic E-state index is 13.7. The van der Waals surface area contributed by atoms with E-state index in [1.54, 1.807) is 0 Å². The normalized spacial score (nSPS) is 22.0. The van der Waals surface area contributed by atoms with Gasteiger partial charge in [-0.25, -0.2) is 9.18 Å². The third-order valence-electron chi connectivity index (χ3n) is 4.41. The van der Waals surface area contributed by atoms with Gasteiger partial charge in [0.2, 0.25) is 0 Å². The molecule has 3 rings (SSSR count). The number of H-pyrrole nitrogens is 1. The highest BCUT2D eigenvalue weighted by molar-refractivity contribution is 5.21. The lowest BCUT2D eigenvalue weighted by Gasteiger charge is -2.26. The number of nitro groups is 1. The van der Waals surface area contributed by atoms with Crippen LogP contribution in [-0.4, -0.2) is 33.4 Å². The minimum absolute atomic E-state index is 0.0326. The molecule has 1 saturated heterocycles. The molecule has 1 aliphatic rings. The lowest BCUT2D eigenvalue weighted by Crippen LogP contribution is -2.39. The van der Waals surface area contributed by atoms with E-state index in [2.05, 4.69) is 0 Å². The Bertz CT molecular complexity index is 928. The van der Waals surface area contributed by atoms with Gasteiger partial charge in [0, 0.05) is 0 Å². The predicted octanol–water partition coefficient (Wildman–Crippen LogP) is 1.68. The maximum Gasteiger partial charge on any atom is 0.350 e. The van der Waals surface area contributed by atoms with Crippen LogP contribution in [0.3, 0.4) is 0 Å². The van der Waals surface area contributed by atoms with E-state index in [1.807, 2.05) is 35.3 Å². The van der Waals surface area contributed by atoms with E-state index < -0.39 is 40.4 Å². The molecule has 1 fully saturated rings. The number of rotatable bonds is 7. The number of aromatic nitrogens is 2. The van der Waals surface area contributed by atoms with Crippen molar-refractivity contribution in [1.82, 2.24) is 9.55 Å². The zero-order valence-electron chi connectivity index (χ0n) is 14.3. The first-order chi connectivity index (χ1) is 12.9. The zero-order chi connectivity index (χ0) is 19.4. The highest BCUT2D eigenvalue weighted by Gasteiger charge is 2.42. The fourth-order valence-corrected chi connectivity index (χ4v) is 2.98. The first kappa shape index (κ1) is 18.9. The fraction of sp³-hybridized carbons (Fsp3) is 0.412. The summed E-state index contributed by atoms with van der Waals surface area (Å²) in [5.41, 5.74) is -3.05. The van der Waals surface area contributed by atoms with Crippen LogP contribution < -0.4 is 11.2 Å². The summed E-state index contributed by atoms with van der Waals surface area (Å²) in [6, 6.07) is 9.35. The molecule has 1 aromatic heterocycles. The van der Waals surface area contributed by atoms with Crippen molar-refractivity contribution in [3.05, 3.63) is 73.0 Å². The van der Waals surface area contributed by atoms with Gasteiger partial charge in [0.25, 0.3) is 0 Å². The van der Waals surface area contributed by atoms with Gasteiger partial charge in [-0.15, -0.1) is 0 Å². The van der Waals surface area contributed by atoms with Gasteiger partial charge in [-0.1, -0.05) is 30.3 Å². The van der Waals surface area contributed by atoms with Crippen LogP contribution >= 0.6 is 0 Å². The number of ether oxygens (including phenoxy) is 2. The SMILES string of the molecule is O=c1[nH]c(=O)n([C@@H]2CC[C@@](CF)(COCc3ccccc3)O2)cc1[N+](=O)[O-]. The highest BCUT2D eigenvalue weighted by atomic mass is 19.1.